The van der Waals surface area contributed by atoms with Gasteiger partial charge in [0.05, 0.1) is 24.2 Å². The fourth-order valence-corrected chi connectivity index (χ4v) is 9.95. The summed E-state index contributed by atoms with van der Waals surface area (Å²) < 4.78 is 18.6. The molecule has 10 nitrogen and oxygen atoms in total. The number of nitrogen functional groups attached to an aromatic ring is 1. The van der Waals surface area contributed by atoms with E-state index in [-0.39, 0.29) is 16.9 Å². The van der Waals surface area contributed by atoms with Crippen LogP contribution in [0.5, 0.6) is 5.88 Å². The summed E-state index contributed by atoms with van der Waals surface area (Å²) >= 11 is 1.56. The van der Waals surface area contributed by atoms with Gasteiger partial charge in [-0.05, 0) is 90.3 Å². The molecular weight excluding hydrogens is 574 g/mol. The molecule has 3 aromatic rings. The smallest absolute Gasteiger partial charge is 0.219 e. The summed E-state index contributed by atoms with van der Waals surface area (Å²) in [5.74, 6) is 2.89. The van der Waals surface area contributed by atoms with Crippen molar-refractivity contribution >= 4 is 22.2 Å². The second-order valence-corrected chi connectivity index (χ2v) is 14.9. The molecule has 44 heavy (non-hydrogen) atoms. The number of fused-ring (bicyclic) bond motifs is 4. The Morgan fingerprint density at radius 2 is 1.98 bits per heavy atom. The molecular formula is C33H41N7O3S. The molecule has 3 saturated heterocycles. The number of thiophene rings is 1. The van der Waals surface area contributed by atoms with Crippen LogP contribution in [-0.2, 0) is 23.0 Å². The maximum absolute atomic E-state index is 10.1. The highest BCUT2D eigenvalue weighted by Gasteiger charge is 2.49. The minimum atomic E-state index is -0.381. The lowest BCUT2D eigenvalue weighted by Gasteiger charge is -2.48. The van der Waals surface area contributed by atoms with Gasteiger partial charge in [0.2, 0.25) is 5.88 Å². The van der Waals surface area contributed by atoms with E-state index in [2.05, 4.69) is 29.8 Å². The highest BCUT2D eigenvalue weighted by Crippen LogP contribution is 2.55. The molecule has 0 radical (unpaired) electrons. The summed E-state index contributed by atoms with van der Waals surface area (Å²) in [6.07, 6.45) is 10.2. The van der Waals surface area contributed by atoms with Crippen molar-refractivity contribution in [3.63, 3.8) is 0 Å². The number of piperidine rings is 1. The minimum Gasteiger partial charge on any atom is -0.473 e. The lowest BCUT2D eigenvalue weighted by atomic mass is 9.63. The molecule has 0 bridgehead atoms. The van der Waals surface area contributed by atoms with E-state index in [0.29, 0.717) is 34.0 Å². The Bertz CT molecular complexity index is 1620. The van der Waals surface area contributed by atoms with E-state index >= 15 is 0 Å². The van der Waals surface area contributed by atoms with E-state index in [1.165, 1.54) is 17.7 Å². The fourth-order valence-electron chi connectivity index (χ4n) is 8.79. The molecule has 2 spiro atoms. The first-order valence-corrected chi connectivity index (χ1v) is 17.1. The molecule has 232 valence electrons. The second kappa shape index (κ2) is 10.7. The topological polar surface area (TPSA) is 127 Å². The molecule has 3 aromatic heterocycles. The molecule has 6 heterocycles. The van der Waals surface area contributed by atoms with E-state index in [9.17, 15) is 5.26 Å². The molecule has 0 amide bonds. The number of ether oxygens (including phenoxy) is 2. The number of anilines is 2. The summed E-state index contributed by atoms with van der Waals surface area (Å²) in [4.78, 5) is 16.1. The quantitative estimate of drug-likeness (QED) is 0.415. The molecule has 3 fully saturated rings. The first-order chi connectivity index (χ1) is 21.4. The van der Waals surface area contributed by atoms with Crippen LogP contribution in [0.3, 0.4) is 0 Å². The van der Waals surface area contributed by atoms with Crippen molar-refractivity contribution in [1.29, 1.82) is 5.26 Å². The van der Waals surface area contributed by atoms with Gasteiger partial charge in [-0.2, -0.15) is 10.2 Å². The molecule has 0 unspecified atom stereocenters. The van der Waals surface area contributed by atoms with Crippen LogP contribution in [0.25, 0.3) is 11.5 Å². The van der Waals surface area contributed by atoms with Crippen LogP contribution in [0, 0.1) is 16.7 Å². The van der Waals surface area contributed by atoms with Crippen LogP contribution in [0.2, 0.25) is 0 Å². The summed E-state index contributed by atoms with van der Waals surface area (Å²) in [6.45, 7) is 6.73. The standard InChI is InChI=1S/C33H41N7O3S/c1-20(23-8-5-13-39(23)2)42-26-15-25(40-14-6-10-32(17-40)18-41-19-32)36-31(37-26)28-21-7-3-11-33(29(21)43-38-28)12-4-9-24-27(33)22(16-34)30(35)44-24/h15,20,23H,3-14,17-19,35H2,1-2H3/t20-,23-,33-/m0/s1. The number of nitrogens with zero attached hydrogens (tertiary/aromatic N) is 6. The Kier molecular flexibility index (Phi) is 6.88. The monoisotopic (exact) mass is 615 g/mol. The average Bonchev–Trinajstić information content (AvgIpc) is 3.73. The summed E-state index contributed by atoms with van der Waals surface area (Å²) in [7, 11) is 2.18. The molecule has 2 N–H and O–H groups in total. The maximum Gasteiger partial charge on any atom is 0.219 e. The highest BCUT2D eigenvalue weighted by atomic mass is 32.1. The molecule has 2 aliphatic carbocycles. The van der Waals surface area contributed by atoms with Crippen LogP contribution < -0.4 is 15.4 Å². The van der Waals surface area contributed by atoms with Crippen molar-refractivity contribution in [2.45, 2.75) is 88.7 Å². The summed E-state index contributed by atoms with van der Waals surface area (Å²) in [5.41, 5.74) is 9.65. The summed E-state index contributed by atoms with van der Waals surface area (Å²) in [5, 5.41) is 15.4. The zero-order valence-electron chi connectivity index (χ0n) is 25.7. The van der Waals surface area contributed by atoms with Crippen molar-refractivity contribution in [3.05, 3.63) is 33.4 Å². The number of likely N-dealkylation sites (tertiary alicyclic amines) is 1. The lowest BCUT2D eigenvalue weighted by molar-refractivity contribution is -0.117. The maximum atomic E-state index is 10.1. The Balaban J connectivity index is 1.21. The fraction of sp³-hybridized carbons (Fsp3) is 0.636. The predicted molar refractivity (Wildman–Crippen MR) is 168 cm³/mol. The van der Waals surface area contributed by atoms with Crippen LogP contribution in [0.4, 0.5) is 10.8 Å². The van der Waals surface area contributed by atoms with Crippen molar-refractivity contribution < 1.29 is 14.0 Å². The normalized spacial score (nSPS) is 26.7. The van der Waals surface area contributed by atoms with Gasteiger partial charge in [-0.25, -0.2) is 4.98 Å². The minimum absolute atomic E-state index is 0.00515. The van der Waals surface area contributed by atoms with E-state index in [0.717, 1.165) is 107 Å². The number of nitriles is 1. The number of nitrogens with two attached hydrogens (primary N) is 1. The van der Waals surface area contributed by atoms with Crippen LogP contribution in [0.1, 0.15) is 85.6 Å². The van der Waals surface area contributed by atoms with Gasteiger partial charge in [-0.15, -0.1) is 11.3 Å². The largest absolute Gasteiger partial charge is 0.473 e. The van der Waals surface area contributed by atoms with E-state index < -0.39 is 0 Å². The van der Waals surface area contributed by atoms with E-state index in [1.807, 2.05) is 6.07 Å². The Morgan fingerprint density at radius 1 is 1.14 bits per heavy atom. The van der Waals surface area contributed by atoms with Gasteiger partial charge >= 0.3 is 0 Å². The van der Waals surface area contributed by atoms with Gasteiger partial charge in [0.1, 0.15) is 23.0 Å². The van der Waals surface area contributed by atoms with Crippen molar-refractivity contribution in [2.75, 3.05) is 50.5 Å². The molecule has 0 aromatic carbocycles. The third-order valence-corrected chi connectivity index (χ3v) is 12.1. The van der Waals surface area contributed by atoms with Crippen LogP contribution >= 0.6 is 11.3 Å². The van der Waals surface area contributed by atoms with E-state index in [1.54, 1.807) is 11.3 Å². The van der Waals surface area contributed by atoms with Crippen molar-refractivity contribution in [1.82, 2.24) is 20.0 Å². The van der Waals surface area contributed by atoms with Crippen LogP contribution in [0.15, 0.2) is 10.6 Å². The second-order valence-electron chi connectivity index (χ2n) is 13.8. The van der Waals surface area contributed by atoms with Crippen LogP contribution in [-0.4, -0.2) is 72.1 Å². The number of likely N-dealkylation sites (N-methyl/N-ethyl adjacent to an activating group) is 1. The molecule has 8 rings (SSSR count). The van der Waals surface area contributed by atoms with Gasteiger partial charge in [0, 0.05) is 41.1 Å². The van der Waals surface area contributed by atoms with E-state index in [4.69, 9.17) is 34.9 Å². The SMILES string of the molecule is C[C@H](Oc1cc(N2CCCC3(COC3)C2)nc(-c2noc3c2CCC[C@@]32CCCc3sc(N)c(C#N)c32)n1)[C@@H]1CCCN1C. The number of hydrogen-bond donors (Lipinski definition) is 1. The average molecular weight is 616 g/mol. The predicted octanol–water partition coefficient (Wildman–Crippen LogP) is 5.08. The lowest BCUT2D eigenvalue weighted by Crippen LogP contribution is -2.54. The Hall–Kier alpha value is -3.20. The number of hydrogen-bond acceptors (Lipinski definition) is 11. The third-order valence-electron chi connectivity index (χ3n) is 11.0. The Morgan fingerprint density at radius 3 is 2.73 bits per heavy atom. The number of aromatic nitrogens is 3. The van der Waals surface area contributed by atoms with Crippen molar-refractivity contribution in [3.8, 4) is 23.5 Å². The zero-order valence-corrected chi connectivity index (χ0v) is 26.5. The van der Waals surface area contributed by atoms with Gasteiger partial charge in [0.25, 0.3) is 0 Å². The Labute approximate surface area is 262 Å². The highest BCUT2D eigenvalue weighted by molar-refractivity contribution is 7.16. The van der Waals surface area contributed by atoms with Crippen molar-refractivity contribution in [2.24, 2.45) is 5.41 Å². The first-order valence-electron chi connectivity index (χ1n) is 16.3. The van der Waals surface area contributed by atoms with Gasteiger partial charge in [0.15, 0.2) is 17.3 Å². The molecule has 0 saturated carbocycles. The number of rotatable bonds is 5. The zero-order chi connectivity index (χ0) is 30.1. The van der Waals surface area contributed by atoms with Gasteiger partial charge in [-0.3, -0.25) is 4.90 Å². The number of aryl methyl sites for hydroxylation is 1. The first kappa shape index (κ1) is 28.3. The molecule has 5 aliphatic rings. The molecule has 11 heteroatoms. The van der Waals surface area contributed by atoms with Gasteiger partial charge < -0.3 is 24.6 Å². The van der Waals surface area contributed by atoms with Gasteiger partial charge in [-0.1, -0.05) is 5.16 Å². The third kappa shape index (κ3) is 4.44. The molecule has 3 atom stereocenters. The molecule has 3 aliphatic heterocycles. The summed E-state index contributed by atoms with van der Waals surface area (Å²) in [6, 6.07) is 4.79.